The van der Waals surface area contributed by atoms with Crippen LogP contribution in [0.4, 0.5) is 0 Å². The van der Waals surface area contributed by atoms with Gasteiger partial charge in [-0.1, -0.05) is 25.4 Å². The van der Waals surface area contributed by atoms with Crippen molar-refractivity contribution in [2.75, 3.05) is 26.9 Å². The molecule has 1 aromatic rings. The number of halogens is 1. The number of nitrogens with one attached hydrogen (secondary N) is 1. The van der Waals surface area contributed by atoms with Crippen LogP contribution < -0.4 is 10.1 Å². The molecule has 1 aromatic carbocycles. The average Bonchev–Trinajstić information content (AvgIpc) is 2.49. The van der Waals surface area contributed by atoms with Gasteiger partial charge in [-0.15, -0.1) is 0 Å². The van der Waals surface area contributed by atoms with Gasteiger partial charge in [0.15, 0.2) is 0 Å². The summed E-state index contributed by atoms with van der Waals surface area (Å²) in [6.07, 6.45) is 4.09. The summed E-state index contributed by atoms with van der Waals surface area (Å²) in [4.78, 5) is 0. The zero-order valence-electron chi connectivity index (χ0n) is 13.5. The lowest BCUT2D eigenvalue weighted by Gasteiger charge is -2.20. The third-order valence-corrected chi connectivity index (χ3v) is 3.59. The average molecular weight is 314 g/mol. The molecule has 0 saturated heterocycles. The second kappa shape index (κ2) is 10.9. The van der Waals surface area contributed by atoms with Gasteiger partial charge in [-0.05, 0) is 56.0 Å². The van der Waals surface area contributed by atoms with Crippen LogP contribution in [0, 0.1) is 0 Å². The van der Waals surface area contributed by atoms with E-state index in [0.717, 1.165) is 61.8 Å². The molecular weight excluding hydrogens is 286 g/mol. The molecule has 3 nitrogen and oxygen atoms in total. The molecule has 1 rings (SSSR count). The third kappa shape index (κ3) is 7.16. The first-order chi connectivity index (χ1) is 10.2. The molecule has 1 unspecified atom stereocenters. The van der Waals surface area contributed by atoms with Crippen LogP contribution in [-0.4, -0.2) is 32.9 Å². The number of methoxy groups -OCH3 is 1. The lowest BCUT2D eigenvalue weighted by Crippen LogP contribution is -2.33. The highest BCUT2D eigenvalue weighted by Crippen LogP contribution is 2.24. The van der Waals surface area contributed by atoms with E-state index in [0.29, 0.717) is 6.04 Å². The van der Waals surface area contributed by atoms with Crippen molar-refractivity contribution in [1.29, 1.82) is 0 Å². The van der Waals surface area contributed by atoms with Gasteiger partial charge in [0.25, 0.3) is 0 Å². The molecular formula is C17H28ClNO2. The van der Waals surface area contributed by atoms with Gasteiger partial charge < -0.3 is 14.8 Å². The molecule has 0 amide bonds. The molecule has 1 N–H and O–H groups in total. The molecule has 0 aliphatic heterocycles. The van der Waals surface area contributed by atoms with Crippen molar-refractivity contribution in [3.05, 3.63) is 28.8 Å². The van der Waals surface area contributed by atoms with E-state index in [9.17, 15) is 0 Å². The van der Waals surface area contributed by atoms with Gasteiger partial charge in [-0.25, -0.2) is 0 Å². The highest BCUT2D eigenvalue weighted by atomic mass is 35.5. The maximum atomic E-state index is 6.11. The minimum Gasteiger partial charge on any atom is -0.496 e. The summed E-state index contributed by atoms with van der Waals surface area (Å²) in [6.45, 7) is 6.95. The topological polar surface area (TPSA) is 30.5 Å². The Hall–Kier alpha value is -0.770. The Balaban J connectivity index is 2.63. The van der Waals surface area contributed by atoms with Gasteiger partial charge in [0.2, 0.25) is 0 Å². The predicted octanol–water partition coefficient (Wildman–Crippen LogP) is 4.08. The minimum atomic E-state index is 0.383. The molecule has 0 spiro atoms. The van der Waals surface area contributed by atoms with E-state index in [4.69, 9.17) is 21.1 Å². The summed E-state index contributed by atoms with van der Waals surface area (Å²) < 4.78 is 11.0. The van der Waals surface area contributed by atoms with E-state index < -0.39 is 0 Å². The summed E-state index contributed by atoms with van der Waals surface area (Å²) in [5.41, 5.74) is 1.15. The lowest BCUT2D eigenvalue weighted by atomic mass is 10.0. The van der Waals surface area contributed by atoms with Crippen molar-refractivity contribution in [2.45, 2.75) is 45.6 Å². The van der Waals surface area contributed by atoms with Crippen LogP contribution in [0.3, 0.4) is 0 Å². The van der Waals surface area contributed by atoms with Crippen molar-refractivity contribution in [3.63, 3.8) is 0 Å². The third-order valence-electron chi connectivity index (χ3n) is 3.35. The Morgan fingerprint density at radius 3 is 2.67 bits per heavy atom. The molecule has 0 radical (unpaired) electrons. The molecule has 0 heterocycles. The van der Waals surface area contributed by atoms with Crippen LogP contribution in [0.15, 0.2) is 18.2 Å². The van der Waals surface area contributed by atoms with Gasteiger partial charge in [-0.3, -0.25) is 0 Å². The molecule has 21 heavy (non-hydrogen) atoms. The normalized spacial score (nSPS) is 12.4. The van der Waals surface area contributed by atoms with E-state index in [1.54, 1.807) is 7.11 Å². The second-order valence-corrected chi connectivity index (χ2v) is 5.65. The van der Waals surface area contributed by atoms with Crippen LogP contribution in [0.1, 0.15) is 38.7 Å². The van der Waals surface area contributed by atoms with Crippen molar-refractivity contribution < 1.29 is 9.47 Å². The molecule has 0 aliphatic carbocycles. The standard InChI is InChI=1S/C17H28ClNO2/c1-4-9-19-16(8-11-21-10-5-2)13-14-12-15(18)6-7-17(14)20-3/h6-7,12,16,19H,4-5,8-11,13H2,1-3H3. The Morgan fingerprint density at radius 2 is 2.00 bits per heavy atom. The van der Waals surface area contributed by atoms with Gasteiger partial charge in [0.1, 0.15) is 5.75 Å². The van der Waals surface area contributed by atoms with E-state index in [2.05, 4.69) is 19.2 Å². The van der Waals surface area contributed by atoms with Crippen molar-refractivity contribution in [3.8, 4) is 5.75 Å². The highest BCUT2D eigenvalue weighted by molar-refractivity contribution is 6.30. The Morgan fingerprint density at radius 1 is 1.19 bits per heavy atom. The van der Waals surface area contributed by atoms with E-state index in [1.165, 1.54) is 0 Å². The van der Waals surface area contributed by atoms with E-state index in [1.807, 2.05) is 18.2 Å². The van der Waals surface area contributed by atoms with Gasteiger partial charge >= 0.3 is 0 Å². The number of ether oxygens (including phenoxy) is 2. The Kier molecular flexibility index (Phi) is 9.48. The fourth-order valence-corrected chi connectivity index (χ4v) is 2.46. The first kappa shape index (κ1) is 18.3. The maximum Gasteiger partial charge on any atom is 0.122 e. The fourth-order valence-electron chi connectivity index (χ4n) is 2.27. The van der Waals surface area contributed by atoms with Crippen LogP contribution in [0.5, 0.6) is 5.75 Å². The number of hydrogen-bond acceptors (Lipinski definition) is 3. The van der Waals surface area contributed by atoms with Crippen molar-refractivity contribution in [1.82, 2.24) is 5.32 Å². The summed E-state index contributed by atoms with van der Waals surface area (Å²) in [7, 11) is 1.70. The predicted molar refractivity (Wildman–Crippen MR) is 89.5 cm³/mol. The quantitative estimate of drug-likeness (QED) is 0.625. The van der Waals surface area contributed by atoms with Crippen molar-refractivity contribution in [2.24, 2.45) is 0 Å². The SMILES string of the molecule is CCCNC(CCOCCC)Cc1cc(Cl)ccc1OC. The summed E-state index contributed by atoms with van der Waals surface area (Å²) in [6, 6.07) is 6.17. The van der Waals surface area contributed by atoms with Gasteiger partial charge in [-0.2, -0.15) is 0 Å². The zero-order valence-corrected chi connectivity index (χ0v) is 14.2. The lowest BCUT2D eigenvalue weighted by molar-refractivity contribution is 0.124. The minimum absolute atomic E-state index is 0.383. The Labute approximate surface area is 134 Å². The number of rotatable bonds is 11. The zero-order chi connectivity index (χ0) is 15.5. The van der Waals surface area contributed by atoms with Crippen LogP contribution in [0.25, 0.3) is 0 Å². The highest BCUT2D eigenvalue weighted by Gasteiger charge is 2.12. The summed E-state index contributed by atoms with van der Waals surface area (Å²) >= 11 is 6.11. The smallest absolute Gasteiger partial charge is 0.122 e. The molecule has 0 bridgehead atoms. The van der Waals surface area contributed by atoms with E-state index >= 15 is 0 Å². The van der Waals surface area contributed by atoms with E-state index in [-0.39, 0.29) is 0 Å². The molecule has 0 aromatic heterocycles. The molecule has 120 valence electrons. The first-order valence-electron chi connectivity index (χ1n) is 7.84. The summed E-state index contributed by atoms with van der Waals surface area (Å²) in [5, 5.41) is 4.34. The Bertz CT molecular complexity index is 398. The number of hydrogen-bond donors (Lipinski definition) is 1. The molecule has 0 aliphatic rings. The van der Waals surface area contributed by atoms with Crippen LogP contribution >= 0.6 is 11.6 Å². The monoisotopic (exact) mass is 313 g/mol. The maximum absolute atomic E-state index is 6.11. The largest absolute Gasteiger partial charge is 0.496 e. The molecule has 0 fully saturated rings. The van der Waals surface area contributed by atoms with Crippen LogP contribution in [0.2, 0.25) is 5.02 Å². The molecule has 0 saturated carbocycles. The van der Waals surface area contributed by atoms with Crippen LogP contribution in [-0.2, 0) is 11.2 Å². The van der Waals surface area contributed by atoms with Gasteiger partial charge in [0.05, 0.1) is 7.11 Å². The summed E-state index contributed by atoms with van der Waals surface area (Å²) in [5.74, 6) is 0.900. The van der Waals surface area contributed by atoms with Gasteiger partial charge in [0, 0.05) is 24.3 Å². The molecule has 1 atom stereocenters. The second-order valence-electron chi connectivity index (χ2n) is 5.21. The first-order valence-corrected chi connectivity index (χ1v) is 8.22. The fraction of sp³-hybridized carbons (Fsp3) is 0.647. The number of benzene rings is 1. The molecule has 4 heteroatoms. The van der Waals surface area contributed by atoms with Crippen molar-refractivity contribution >= 4 is 11.6 Å².